The van der Waals surface area contributed by atoms with Crippen LogP contribution in [-0.2, 0) is 0 Å². The van der Waals surface area contributed by atoms with Gasteiger partial charge in [0.1, 0.15) is 10.6 Å². The van der Waals surface area contributed by atoms with Crippen molar-refractivity contribution in [1.82, 2.24) is 9.88 Å². The van der Waals surface area contributed by atoms with Crippen LogP contribution in [0.25, 0.3) is 0 Å². The number of esters is 1. The van der Waals surface area contributed by atoms with Crippen LogP contribution in [0.15, 0.2) is 30.5 Å². The van der Waals surface area contributed by atoms with Crippen LogP contribution in [0.5, 0.6) is 5.75 Å². The van der Waals surface area contributed by atoms with E-state index in [0.29, 0.717) is 23.4 Å². The summed E-state index contributed by atoms with van der Waals surface area (Å²) in [4.78, 5) is 28.9. The largest absolute Gasteiger partial charge is 0.422 e. The number of nitrogens with zero attached hydrogens (tertiary/aromatic N) is 2. The molecule has 0 aliphatic heterocycles. The molecule has 2 rings (SSSR count). The van der Waals surface area contributed by atoms with Gasteiger partial charge in [-0.25, -0.2) is 18.6 Å². The lowest BCUT2D eigenvalue weighted by Crippen LogP contribution is -2.26. The van der Waals surface area contributed by atoms with E-state index in [-0.39, 0.29) is 16.5 Å². The second kappa shape index (κ2) is 7.28. The summed E-state index contributed by atoms with van der Waals surface area (Å²) in [7, 11) is 1.66. The number of amides is 1. The molecular formula is C15H14F2N2O3S. The van der Waals surface area contributed by atoms with Crippen molar-refractivity contribution in [3.8, 4) is 5.75 Å². The zero-order valence-corrected chi connectivity index (χ0v) is 13.3. The fraction of sp³-hybridized carbons (Fsp3) is 0.267. The van der Waals surface area contributed by atoms with E-state index < -0.39 is 17.4 Å². The molecule has 8 heteroatoms. The highest BCUT2D eigenvalue weighted by Crippen LogP contribution is 2.25. The van der Waals surface area contributed by atoms with Gasteiger partial charge in [0.15, 0.2) is 5.01 Å². The minimum atomic E-state index is -2.73. The standard InChI is InChI=1S/C15H14F2N2O3S/c1-3-19(2)14(20)9-5-4-6-10(7-9)22-15(21)11-8-18-13(23-11)12(16)17/h4-8,12H,3H2,1-2H3. The summed E-state index contributed by atoms with van der Waals surface area (Å²) in [6.07, 6.45) is -1.68. The lowest BCUT2D eigenvalue weighted by molar-refractivity contribution is 0.0734. The van der Waals surface area contributed by atoms with Gasteiger partial charge in [-0.05, 0) is 25.1 Å². The first-order valence-electron chi connectivity index (χ1n) is 6.74. The van der Waals surface area contributed by atoms with Gasteiger partial charge in [0.25, 0.3) is 12.3 Å². The third-order valence-electron chi connectivity index (χ3n) is 3.02. The molecule has 23 heavy (non-hydrogen) atoms. The highest BCUT2D eigenvalue weighted by Gasteiger charge is 2.18. The molecule has 1 aromatic carbocycles. The van der Waals surface area contributed by atoms with Gasteiger partial charge in [0, 0.05) is 19.2 Å². The maximum atomic E-state index is 12.5. The first-order chi connectivity index (χ1) is 10.9. The molecular weight excluding hydrogens is 326 g/mol. The average Bonchev–Trinajstić information content (AvgIpc) is 3.04. The van der Waals surface area contributed by atoms with Crippen LogP contribution in [-0.4, -0.2) is 35.4 Å². The number of hydrogen-bond acceptors (Lipinski definition) is 5. The van der Waals surface area contributed by atoms with E-state index >= 15 is 0 Å². The summed E-state index contributed by atoms with van der Waals surface area (Å²) in [5.41, 5.74) is 0.372. The Bertz CT molecular complexity index is 718. The fourth-order valence-electron chi connectivity index (χ4n) is 1.70. The molecule has 0 bridgehead atoms. The maximum Gasteiger partial charge on any atom is 0.355 e. The molecule has 1 heterocycles. The highest BCUT2D eigenvalue weighted by atomic mass is 32.1. The number of benzene rings is 1. The fourth-order valence-corrected chi connectivity index (χ4v) is 2.35. The highest BCUT2D eigenvalue weighted by molar-refractivity contribution is 7.13. The minimum absolute atomic E-state index is 0.0253. The Morgan fingerprint density at radius 2 is 2.13 bits per heavy atom. The van der Waals surface area contributed by atoms with Crippen LogP contribution in [0.1, 0.15) is 38.4 Å². The first-order valence-corrected chi connectivity index (χ1v) is 7.55. The SMILES string of the molecule is CCN(C)C(=O)c1cccc(OC(=O)c2cnc(C(F)F)s2)c1. The minimum Gasteiger partial charge on any atom is -0.422 e. The molecule has 2 aromatic rings. The van der Waals surface area contributed by atoms with E-state index in [1.54, 1.807) is 19.2 Å². The Hall–Kier alpha value is -2.35. The molecule has 0 saturated heterocycles. The smallest absolute Gasteiger partial charge is 0.355 e. The van der Waals surface area contributed by atoms with Crippen LogP contribution < -0.4 is 4.74 Å². The molecule has 0 fully saturated rings. The molecule has 1 amide bonds. The third kappa shape index (κ3) is 4.10. The zero-order chi connectivity index (χ0) is 17.0. The van der Waals surface area contributed by atoms with Crippen molar-refractivity contribution >= 4 is 23.2 Å². The quantitative estimate of drug-likeness (QED) is 0.618. The predicted octanol–water partition coefficient (Wildman–Crippen LogP) is 3.39. The lowest BCUT2D eigenvalue weighted by Gasteiger charge is -2.14. The van der Waals surface area contributed by atoms with Crippen molar-refractivity contribution in [3.63, 3.8) is 0 Å². The summed E-state index contributed by atoms with van der Waals surface area (Å²) >= 11 is 0.577. The molecule has 0 unspecified atom stereocenters. The molecule has 0 saturated carbocycles. The summed E-state index contributed by atoms with van der Waals surface area (Å²) in [5, 5.41) is -0.439. The molecule has 0 radical (unpaired) electrons. The van der Waals surface area contributed by atoms with Crippen molar-refractivity contribution < 1.29 is 23.1 Å². The van der Waals surface area contributed by atoms with Gasteiger partial charge in [-0.15, -0.1) is 11.3 Å². The molecule has 122 valence electrons. The number of carbonyl (C=O) groups excluding carboxylic acids is 2. The van der Waals surface area contributed by atoms with Gasteiger partial charge >= 0.3 is 5.97 Å². The first kappa shape index (κ1) is 17.0. The average molecular weight is 340 g/mol. The third-order valence-corrected chi connectivity index (χ3v) is 4.01. The van der Waals surface area contributed by atoms with Crippen LogP contribution in [0.2, 0.25) is 0 Å². The van der Waals surface area contributed by atoms with Gasteiger partial charge in [0.05, 0.1) is 6.20 Å². The Labute approximate surface area is 135 Å². The van der Waals surface area contributed by atoms with Crippen LogP contribution >= 0.6 is 11.3 Å². The summed E-state index contributed by atoms with van der Waals surface area (Å²) in [6, 6.07) is 6.13. The Morgan fingerprint density at radius 3 is 2.74 bits per heavy atom. The molecule has 0 atom stereocenters. The van der Waals surface area contributed by atoms with Crippen LogP contribution in [0.3, 0.4) is 0 Å². The maximum absolute atomic E-state index is 12.5. The van der Waals surface area contributed by atoms with Gasteiger partial charge in [-0.2, -0.15) is 0 Å². The van der Waals surface area contributed by atoms with Gasteiger partial charge < -0.3 is 9.64 Å². The Balaban J connectivity index is 2.13. The van der Waals surface area contributed by atoms with Crippen molar-refractivity contribution in [2.75, 3.05) is 13.6 Å². The van der Waals surface area contributed by atoms with Gasteiger partial charge in [-0.3, -0.25) is 4.79 Å². The van der Waals surface area contributed by atoms with Crippen molar-refractivity contribution in [2.24, 2.45) is 0 Å². The number of thiazole rings is 1. The van der Waals surface area contributed by atoms with Crippen molar-refractivity contribution in [2.45, 2.75) is 13.3 Å². The normalized spacial score (nSPS) is 10.7. The molecule has 5 nitrogen and oxygen atoms in total. The monoisotopic (exact) mass is 340 g/mol. The van der Waals surface area contributed by atoms with Crippen molar-refractivity contribution in [3.05, 3.63) is 45.9 Å². The number of aromatic nitrogens is 1. The summed E-state index contributed by atoms with van der Waals surface area (Å²) in [6.45, 7) is 2.38. The number of ether oxygens (including phenoxy) is 1. The van der Waals surface area contributed by atoms with E-state index in [2.05, 4.69) is 4.98 Å². The summed E-state index contributed by atoms with van der Waals surface area (Å²) in [5.74, 6) is -0.830. The van der Waals surface area contributed by atoms with Crippen LogP contribution in [0.4, 0.5) is 8.78 Å². The van der Waals surface area contributed by atoms with Crippen LogP contribution in [0, 0.1) is 0 Å². The molecule has 0 N–H and O–H groups in total. The molecule has 0 spiro atoms. The van der Waals surface area contributed by atoms with E-state index in [1.165, 1.54) is 17.0 Å². The second-order valence-electron chi connectivity index (χ2n) is 4.60. The Morgan fingerprint density at radius 1 is 1.39 bits per heavy atom. The number of alkyl halides is 2. The molecule has 0 aliphatic carbocycles. The second-order valence-corrected chi connectivity index (χ2v) is 5.66. The van der Waals surface area contributed by atoms with E-state index in [1.807, 2.05) is 6.92 Å². The van der Waals surface area contributed by atoms with E-state index in [0.717, 1.165) is 6.20 Å². The van der Waals surface area contributed by atoms with Gasteiger partial charge in [0.2, 0.25) is 0 Å². The summed E-state index contributed by atoms with van der Waals surface area (Å²) < 4.78 is 30.1. The van der Waals surface area contributed by atoms with Gasteiger partial charge in [-0.1, -0.05) is 6.07 Å². The zero-order valence-electron chi connectivity index (χ0n) is 12.5. The number of hydrogen-bond donors (Lipinski definition) is 0. The lowest BCUT2D eigenvalue weighted by atomic mass is 10.2. The van der Waals surface area contributed by atoms with E-state index in [4.69, 9.17) is 4.74 Å². The predicted molar refractivity (Wildman–Crippen MR) is 81.1 cm³/mol. The molecule has 1 aromatic heterocycles. The van der Waals surface area contributed by atoms with Crippen molar-refractivity contribution in [1.29, 1.82) is 0 Å². The number of halogens is 2. The Kier molecular flexibility index (Phi) is 5.38. The topological polar surface area (TPSA) is 59.5 Å². The van der Waals surface area contributed by atoms with E-state index in [9.17, 15) is 18.4 Å². The molecule has 0 aliphatic rings. The number of rotatable bonds is 5. The number of carbonyl (C=O) groups is 2.